The van der Waals surface area contributed by atoms with Crippen molar-refractivity contribution in [3.05, 3.63) is 95.6 Å². The fraction of sp³-hybridized carbons (Fsp3) is 0.167. The second kappa shape index (κ2) is 8.53. The molecule has 146 valence electrons. The maximum atomic E-state index is 5.26. The van der Waals surface area contributed by atoms with E-state index in [1.807, 2.05) is 37.4 Å². The summed E-state index contributed by atoms with van der Waals surface area (Å²) in [6.07, 6.45) is 0. The molecule has 0 saturated carbocycles. The summed E-state index contributed by atoms with van der Waals surface area (Å²) in [5.41, 5.74) is 4.82. The van der Waals surface area contributed by atoms with E-state index < -0.39 is 0 Å². The van der Waals surface area contributed by atoms with Crippen LogP contribution in [0.5, 0.6) is 5.75 Å². The van der Waals surface area contributed by atoms with Crippen LogP contribution in [-0.4, -0.2) is 21.9 Å². The molecule has 0 N–H and O–H groups in total. The van der Waals surface area contributed by atoms with Gasteiger partial charge in [-0.15, -0.1) is 10.2 Å². The first kappa shape index (κ1) is 19.3. The standard InChI is InChI=1S/C24H23N3OS/c1-17-9-7-8-12-21(17)22(18-10-5-4-6-11-18)29-24-26-25-23(27(24)2)19-13-15-20(28-3)16-14-19/h4-16,22H,1-3H3. The predicted octanol–water partition coefficient (Wildman–Crippen LogP) is 5.68. The zero-order chi connectivity index (χ0) is 20.2. The Bertz CT molecular complexity index is 1090. The van der Waals surface area contributed by atoms with Gasteiger partial charge in [-0.05, 0) is 47.9 Å². The lowest BCUT2D eigenvalue weighted by Gasteiger charge is -2.19. The van der Waals surface area contributed by atoms with Crippen molar-refractivity contribution in [2.45, 2.75) is 17.3 Å². The third-order valence-corrected chi connectivity index (χ3v) is 6.31. The van der Waals surface area contributed by atoms with Crippen LogP contribution in [0.2, 0.25) is 0 Å². The van der Waals surface area contributed by atoms with Crippen LogP contribution in [0.3, 0.4) is 0 Å². The highest BCUT2D eigenvalue weighted by atomic mass is 32.2. The molecule has 4 nitrogen and oxygen atoms in total. The van der Waals surface area contributed by atoms with E-state index in [9.17, 15) is 0 Å². The minimum atomic E-state index is 0.143. The molecule has 0 bridgehead atoms. The fourth-order valence-corrected chi connectivity index (χ4v) is 4.56. The van der Waals surface area contributed by atoms with Crippen LogP contribution in [0, 0.1) is 6.92 Å². The van der Waals surface area contributed by atoms with Gasteiger partial charge in [-0.3, -0.25) is 0 Å². The minimum absolute atomic E-state index is 0.143. The third-order valence-electron chi connectivity index (χ3n) is 4.98. The number of aromatic nitrogens is 3. The summed E-state index contributed by atoms with van der Waals surface area (Å²) in [5.74, 6) is 1.67. The van der Waals surface area contributed by atoms with E-state index in [4.69, 9.17) is 4.74 Å². The van der Waals surface area contributed by atoms with E-state index in [0.29, 0.717) is 0 Å². The van der Waals surface area contributed by atoms with Gasteiger partial charge in [0.25, 0.3) is 0 Å². The maximum absolute atomic E-state index is 5.26. The van der Waals surface area contributed by atoms with Crippen LogP contribution in [0.25, 0.3) is 11.4 Å². The Kier molecular flexibility index (Phi) is 5.67. The van der Waals surface area contributed by atoms with Gasteiger partial charge in [-0.25, -0.2) is 0 Å². The van der Waals surface area contributed by atoms with Gasteiger partial charge in [0.15, 0.2) is 11.0 Å². The number of hydrogen-bond acceptors (Lipinski definition) is 4. The van der Waals surface area contributed by atoms with Gasteiger partial charge in [0.05, 0.1) is 12.4 Å². The molecular weight excluding hydrogens is 378 g/mol. The summed E-state index contributed by atoms with van der Waals surface area (Å²) in [5, 5.41) is 9.98. The van der Waals surface area contributed by atoms with E-state index in [0.717, 1.165) is 22.3 Å². The molecule has 5 heteroatoms. The van der Waals surface area contributed by atoms with Crippen LogP contribution in [0.1, 0.15) is 21.9 Å². The van der Waals surface area contributed by atoms with Crippen LogP contribution >= 0.6 is 11.8 Å². The van der Waals surface area contributed by atoms with E-state index in [1.165, 1.54) is 16.7 Å². The first-order valence-corrected chi connectivity index (χ1v) is 10.4. The molecule has 4 aromatic rings. The van der Waals surface area contributed by atoms with Crippen molar-refractivity contribution in [3.8, 4) is 17.1 Å². The molecule has 0 aliphatic carbocycles. The van der Waals surface area contributed by atoms with Crippen LogP contribution in [0.15, 0.2) is 84.0 Å². The molecule has 3 aromatic carbocycles. The lowest BCUT2D eigenvalue weighted by Crippen LogP contribution is -2.02. The van der Waals surface area contributed by atoms with Crippen molar-refractivity contribution in [1.29, 1.82) is 0 Å². The molecule has 1 aromatic heterocycles. The second-order valence-electron chi connectivity index (χ2n) is 6.86. The summed E-state index contributed by atoms with van der Waals surface area (Å²) in [6, 6.07) is 27.0. The van der Waals surface area contributed by atoms with Crippen molar-refractivity contribution >= 4 is 11.8 Å². The first-order chi connectivity index (χ1) is 14.2. The monoisotopic (exact) mass is 401 g/mol. The third kappa shape index (κ3) is 4.05. The summed E-state index contributed by atoms with van der Waals surface area (Å²) < 4.78 is 7.31. The van der Waals surface area contributed by atoms with Crippen molar-refractivity contribution in [2.75, 3.05) is 7.11 Å². The molecule has 1 atom stereocenters. The van der Waals surface area contributed by atoms with E-state index in [-0.39, 0.29) is 5.25 Å². The van der Waals surface area contributed by atoms with Gasteiger partial charge in [0, 0.05) is 12.6 Å². The largest absolute Gasteiger partial charge is 0.497 e. The first-order valence-electron chi connectivity index (χ1n) is 9.48. The van der Waals surface area contributed by atoms with E-state index >= 15 is 0 Å². The van der Waals surface area contributed by atoms with Gasteiger partial charge in [0.1, 0.15) is 5.75 Å². The van der Waals surface area contributed by atoms with Gasteiger partial charge in [0.2, 0.25) is 0 Å². The lowest BCUT2D eigenvalue weighted by molar-refractivity contribution is 0.415. The molecule has 0 radical (unpaired) electrons. The molecule has 0 amide bonds. The van der Waals surface area contributed by atoms with Crippen molar-refractivity contribution < 1.29 is 4.74 Å². The number of hydrogen-bond donors (Lipinski definition) is 0. The average Bonchev–Trinajstić information content (AvgIpc) is 3.13. The molecule has 1 unspecified atom stereocenters. The molecule has 1 heterocycles. The van der Waals surface area contributed by atoms with E-state index in [1.54, 1.807) is 18.9 Å². The molecule has 0 spiro atoms. The number of aryl methyl sites for hydroxylation is 1. The molecule has 4 rings (SSSR count). The topological polar surface area (TPSA) is 39.9 Å². The summed E-state index contributed by atoms with van der Waals surface area (Å²) in [7, 11) is 3.68. The van der Waals surface area contributed by atoms with Crippen LogP contribution in [0.4, 0.5) is 0 Å². The zero-order valence-electron chi connectivity index (χ0n) is 16.7. The Morgan fingerprint density at radius 3 is 2.24 bits per heavy atom. The zero-order valence-corrected chi connectivity index (χ0v) is 17.6. The quantitative estimate of drug-likeness (QED) is 0.390. The Morgan fingerprint density at radius 2 is 1.55 bits per heavy atom. The molecular formula is C24H23N3OS. The van der Waals surface area contributed by atoms with Crippen molar-refractivity contribution in [1.82, 2.24) is 14.8 Å². The highest BCUT2D eigenvalue weighted by molar-refractivity contribution is 7.99. The predicted molar refractivity (Wildman–Crippen MR) is 118 cm³/mol. The van der Waals surface area contributed by atoms with Gasteiger partial charge in [-0.2, -0.15) is 0 Å². The Labute approximate surface area is 175 Å². The Morgan fingerprint density at radius 1 is 0.862 bits per heavy atom. The molecule has 0 saturated heterocycles. The number of benzene rings is 3. The van der Waals surface area contributed by atoms with Crippen LogP contribution in [-0.2, 0) is 7.05 Å². The smallest absolute Gasteiger partial charge is 0.192 e. The summed E-state index contributed by atoms with van der Waals surface area (Å²) in [4.78, 5) is 0. The Balaban J connectivity index is 1.70. The highest BCUT2D eigenvalue weighted by Crippen LogP contribution is 2.41. The molecule has 0 aliphatic heterocycles. The number of methoxy groups -OCH3 is 1. The number of nitrogens with zero attached hydrogens (tertiary/aromatic N) is 3. The lowest BCUT2D eigenvalue weighted by atomic mass is 10.0. The summed E-state index contributed by atoms with van der Waals surface area (Å²) in [6.45, 7) is 2.16. The average molecular weight is 402 g/mol. The van der Waals surface area contributed by atoms with Gasteiger partial charge < -0.3 is 9.30 Å². The van der Waals surface area contributed by atoms with Gasteiger partial charge >= 0.3 is 0 Å². The molecule has 0 fully saturated rings. The number of thioether (sulfide) groups is 1. The van der Waals surface area contributed by atoms with Gasteiger partial charge in [-0.1, -0.05) is 66.4 Å². The molecule has 29 heavy (non-hydrogen) atoms. The minimum Gasteiger partial charge on any atom is -0.497 e. The van der Waals surface area contributed by atoms with Crippen LogP contribution < -0.4 is 4.74 Å². The number of ether oxygens (including phenoxy) is 1. The number of rotatable bonds is 6. The van der Waals surface area contributed by atoms with E-state index in [2.05, 4.69) is 70.2 Å². The SMILES string of the molecule is COc1ccc(-c2nnc(SC(c3ccccc3)c3ccccc3C)n2C)cc1. The Hall–Kier alpha value is -3.05. The normalized spacial score (nSPS) is 12.0. The van der Waals surface area contributed by atoms with Crippen molar-refractivity contribution in [3.63, 3.8) is 0 Å². The van der Waals surface area contributed by atoms with Crippen molar-refractivity contribution in [2.24, 2.45) is 7.05 Å². The second-order valence-corrected chi connectivity index (χ2v) is 7.93. The highest BCUT2D eigenvalue weighted by Gasteiger charge is 2.21. The maximum Gasteiger partial charge on any atom is 0.192 e. The molecule has 0 aliphatic rings. The summed E-state index contributed by atoms with van der Waals surface area (Å²) >= 11 is 1.72. The fourth-order valence-electron chi connectivity index (χ4n) is 3.33.